The van der Waals surface area contributed by atoms with Gasteiger partial charge in [0.25, 0.3) is 5.91 Å². The first-order chi connectivity index (χ1) is 12.5. The van der Waals surface area contributed by atoms with Gasteiger partial charge in [0.15, 0.2) is 5.76 Å². The van der Waals surface area contributed by atoms with Crippen molar-refractivity contribution in [3.63, 3.8) is 0 Å². The number of anilines is 1. The third kappa shape index (κ3) is 2.93. The number of aryl methyl sites for hydroxylation is 2. The van der Waals surface area contributed by atoms with Crippen LogP contribution in [0.1, 0.15) is 16.1 Å². The fourth-order valence-electron chi connectivity index (χ4n) is 2.98. The summed E-state index contributed by atoms with van der Waals surface area (Å²) in [4.78, 5) is 17.1. The van der Waals surface area contributed by atoms with Gasteiger partial charge in [-0.25, -0.2) is 4.98 Å². The van der Waals surface area contributed by atoms with Crippen molar-refractivity contribution in [3.8, 4) is 11.4 Å². The van der Waals surface area contributed by atoms with Gasteiger partial charge in [0.2, 0.25) is 0 Å². The van der Waals surface area contributed by atoms with Gasteiger partial charge in [-0.2, -0.15) is 0 Å². The Morgan fingerprint density at radius 2 is 2.08 bits per heavy atom. The number of carbonyl (C=O) groups is 1. The van der Waals surface area contributed by atoms with E-state index in [9.17, 15) is 4.79 Å². The largest absolute Gasteiger partial charge is 0.451 e. The minimum Gasteiger partial charge on any atom is -0.451 e. The molecule has 0 aliphatic heterocycles. The number of fused-ring (bicyclic) bond motifs is 1. The third-order valence-corrected chi connectivity index (χ3v) is 4.80. The molecule has 0 saturated carbocycles. The average Bonchev–Trinajstić information content (AvgIpc) is 3.19. The van der Waals surface area contributed by atoms with E-state index < -0.39 is 0 Å². The molecule has 2 heterocycles. The molecule has 26 heavy (non-hydrogen) atoms. The van der Waals surface area contributed by atoms with Crippen LogP contribution in [0.3, 0.4) is 0 Å². The van der Waals surface area contributed by atoms with Crippen LogP contribution in [0.5, 0.6) is 0 Å². The summed E-state index contributed by atoms with van der Waals surface area (Å²) in [5.41, 5.74) is 3.13. The van der Waals surface area contributed by atoms with Gasteiger partial charge in [0.1, 0.15) is 11.4 Å². The maximum Gasteiger partial charge on any atom is 0.291 e. The molecule has 0 saturated heterocycles. The van der Waals surface area contributed by atoms with E-state index in [1.165, 1.54) is 0 Å². The van der Waals surface area contributed by atoms with Crippen molar-refractivity contribution in [1.29, 1.82) is 0 Å². The number of furan rings is 1. The fourth-order valence-corrected chi connectivity index (χ4v) is 3.34. The van der Waals surface area contributed by atoms with E-state index in [4.69, 9.17) is 4.42 Å². The summed E-state index contributed by atoms with van der Waals surface area (Å²) in [6.45, 7) is 1.89. The number of benzene rings is 2. The molecule has 2 aromatic heterocycles. The maximum absolute atomic E-state index is 12.7. The number of halogens is 1. The Morgan fingerprint density at radius 1 is 1.23 bits per heavy atom. The number of nitrogens with one attached hydrogen (secondary N) is 1. The molecule has 0 fully saturated rings. The average molecular weight is 410 g/mol. The Kier molecular flexibility index (Phi) is 4.12. The summed E-state index contributed by atoms with van der Waals surface area (Å²) in [6, 6.07) is 13.3. The van der Waals surface area contributed by atoms with Crippen LogP contribution in [0.4, 0.5) is 5.69 Å². The monoisotopic (exact) mass is 409 g/mol. The van der Waals surface area contributed by atoms with E-state index in [2.05, 4.69) is 26.2 Å². The summed E-state index contributed by atoms with van der Waals surface area (Å²) in [7, 11) is 1.93. The molecule has 0 bridgehead atoms. The second-order valence-corrected chi connectivity index (χ2v) is 7.01. The predicted molar refractivity (Wildman–Crippen MR) is 105 cm³/mol. The highest BCUT2D eigenvalue weighted by Gasteiger charge is 2.18. The number of amides is 1. The summed E-state index contributed by atoms with van der Waals surface area (Å²) in [6.07, 6.45) is 3.63. The molecule has 0 aliphatic rings. The Balaban J connectivity index is 1.65. The minimum atomic E-state index is -0.271. The van der Waals surface area contributed by atoms with Gasteiger partial charge < -0.3 is 14.3 Å². The van der Waals surface area contributed by atoms with Crippen LogP contribution < -0.4 is 5.32 Å². The number of aromatic nitrogens is 2. The first-order valence-electron chi connectivity index (χ1n) is 8.10. The second-order valence-electron chi connectivity index (χ2n) is 6.09. The second kappa shape index (κ2) is 6.46. The van der Waals surface area contributed by atoms with Gasteiger partial charge in [0.05, 0.1) is 0 Å². The van der Waals surface area contributed by atoms with E-state index in [1.54, 1.807) is 6.20 Å². The normalized spacial score (nSPS) is 11.0. The SMILES string of the molecule is Cc1c(C(=O)Nc2cccc(-c3nccn3C)c2)oc2ccc(Br)cc12. The summed E-state index contributed by atoms with van der Waals surface area (Å²) < 4.78 is 8.64. The van der Waals surface area contributed by atoms with Gasteiger partial charge in [-0.1, -0.05) is 28.1 Å². The predicted octanol–water partition coefficient (Wildman–Crippen LogP) is 5.16. The summed E-state index contributed by atoms with van der Waals surface area (Å²) in [5, 5.41) is 3.84. The van der Waals surface area contributed by atoms with Crippen molar-refractivity contribution in [1.82, 2.24) is 9.55 Å². The number of hydrogen-bond donors (Lipinski definition) is 1. The third-order valence-electron chi connectivity index (χ3n) is 4.30. The van der Waals surface area contributed by atoms with E-state index in [0.717, 1.165) is 26.8 Å². The van der Waals surface area contributed by atoms with Crippen molar-refractivity contribution in [2.24, 2.45) is 7.05 Å². The maximum atomic E-state index is 12.7. The van der Waals surface area contributed by atoms with Gasteiger partial charge in [-0.3, -0.25) is 4.79 Å². The van der Waals surface area contributed by atoms with Crippen LogP contribution in [-0.4, -0.2) is 15.5 Å². The highest BCUT2D eigenvalue weighted by Crippen LogP contribution is 2.29. The molecule has 0 aliphatic carbocycles. The van der Waals surface area contributed by atoms with Crippen LogP contribution in [0, 0.1) is 6.92 Å². The van der Waals surface area contributed by atoms with Crippen LogP contribution in [0.2, 0.25) is 0 Å². The van der Waals surface area contributed by atoms with E-state index in [1.807, 2.05) is 67.2 Å². The zero-order chi connectivity index (χ0) is 18.3. The molecule has 4 aromatic rings. The lowest BCUT2D eigenvalue weighted by Crippen LogP contribution is -2.12. The molecule has 4 rings (SSSR count). The van der Waals surface area contributed by atoms with Crippen molar-refractivity contribution in [3.05, 3.63) is 70.7 Å². The van der Waals surface area contributed by atoms with Crippen molar-refractivity contribution >= 4 is 38.5 Å². The number of rotatable bonds is 3. The molecule has 2 aromatic carbocycles. The molecule has 0 radical (unpaired) electrons. The van der Waals surface area contributed by atoms with Gasteiger partial charge in [0, 0.05) is 46.1 Å². The first kappa shape index (κ1) is 16.6. The summed E-state index contributed by atoms with van der Waals surface area (Å²) in [5.74, 6) is 0.887. The van der Waals surface area contributed by atoms with Crippen molar-refractivity contribution in [2.45, 2.75) is 6.92 Å². The number of nitrogens with zero attached hydrogens (tertiary/aromatic N) is 2. The Bertz CT molecular complexity index is 1130. The molecular weight excluding hydrogens is 394 g/mol. The van der Waals surface area contributed by atoms with Crippen molar-refractivity contribution in [2.75, 3.05) is 5.32 Å². The fraction of sp³-hybridized carbons (Fsp3) is 0.100. The molecule has 6 heteroatoms. The molecule has 1 amide bonds. The lowest BCUT2D eigenvalue weighted by atomic mass is 10.1. The summed E-state index contributed by atoms with van der Waals surface area (Å²) >= 11 is 3.45. The van der Waals surface area contributed by atoms with E-state index in [0.29, 0.717) is 17.0 Å². The standard InChI is InChI=1S/C20H16BrN3O2/c1-12-16-11-14(21)6-7-17(16)26-18(12)20(25)23-15-5-3-4-13(10-15)19-22-8-9-24(19)2/h3-11H,1-2H3,(H,23,25). The Labute approximate surface area is 158 Å². The topological polar surface area (TPSA) is 60.1 Å². The zero-order valence-corrected chi connectivity index (χ0v) is 15.9. The van der Waals surface area contributed by atoms with Gasteiger partial charge >= 0.3 is 0 Å². The molecule has 130 valence electrons. The van der Waals surface area contributed by atoms with Crippen LogP contribution in [-0.2, 0) is 7.05 Å². The molecule has 5 nitrogen and oxygen atoms in total. The lowest BCUT2D eigenvalue weighted by molar-refractivity contribution is 0.0998. The zero-order valence-electron chi connectivity index (χ0n) is 14.3. The quantitative estimate of drug-likeness (QED) is 0.508. The lowest BCUT2D eigenvalue weighted by Gasteiger charge is -2.07. The Morgan fingerprint density at radius 3 is 2.85 bits per heavy atom. The highest BCUT2D eigenvalue weighted by molar-refractivity contribution is 9.10. The molecule has 0 spiro atoms. The number of imidazole rings is 1. The Hall–Kier alpha value is -2.86. The number of carbonyl (C=O) groups excluding carboxylic acids is 1. The van der Waals surface area contributed by atoms with Crippen LogP contribution >= 0.6 is 15.9 Å². The van der Waals surface area contributed by atoms with Crippen molar-refractivity contribution < 1.29 is 9.21 Å². The van der Waals surface area contributed by atoms with Gasteiger partial charge in [-0.15, -0.1) is 0 Å². The highest BCUT2D eigenvalue weighted by atomic mass is 79.9. The van der Waals surface area contributed by atoms with Crippen LogP contribution in [0.15, 0.2) is 63.7 Å². The molecular formula is C20H16BrN3O2. The smallest absolute Gasteiger partial charge is 0.291 e. The van der Waals surface area contributed by atoms with E-state index in [-0.39, 0.29) is 5.91 Å². The number of hydrogen-bond acceptors (Lipinski definition) is 3. The molecule has 1 N–H and O–H groups in total. The minimum absolute atomic E-state index is 0.271. The molecule has 0 unspecified atom stereocenters. The van der Waals surface area contributed by atoms with Gasteiger partial charge in [-0.05, 0) is 37.3 Å². The van der Waals surface area contributed by atoms with E-state index >= 15 is 0 Å². The van der Waals surface area contributed by atoms with Crippen LogP contribution in [0.25, 0.3) is 22.4 Å². The first-order valence-corrected chi connectivity index (χ1v) is 8.90. The molecule has 0 atom stereocenters.